The van der Waals surface area contributed by atoms with Crippen LogP contribution in [-0.4, -0.2) is 44.0 Å². The summed E-state index contributed by atoms with van der Waals surface area (Å²) in [5.74, 6) is 1.58. The molecule has 2 N–H and O–H groups in total. The summed E-state index contributed by atoms with van der Waals surface area (Å²) in [4.78, 5) is 19.4. The second kappa shape index (κ2) is 7.36. The Morgan fingerprint density at radius 2 is 1.93 bits per heavy atom. The molecule has 2 aromatic carbocycles. The molecule has 28 heavy (non-hydrogen) atoms. The first-order valence-corrected chi connectivity index (χ1v) is 8.91. The molecule has 0 unspecified atom stereocenters. The maximum absolute atomic E-state index is 13.2. The molecule has 0 fully saturated rings. The average Bonchev–Trinajstić information content (AvgIpc) is 3.11. The van der Waals surface area contributed by atoms with Gasteiger partial charge in [0.05, 0.1) is 31.5 Å². The summed E-state index contributed by atoms with van der Waals surface area (Å²) >= 11 is 0. The van der Waals surface area contributed by atoms with E-state index in [1.54, 1.807) is 30.4 Å². The number of fused-ring (bicyclic) bond motifs is 2. The molecule has 0 bridgehead atoms. The Morgan fingerprint density at radius 3 is 2.61 bits per heavy atom. The minimum absolute atomic E-state index is 0.00944. The first-order chi connectivity index (χ1) is 13.6. The van der Waals surface area contributed by atoms with Crippen LogP contribution in [0.4, 0.5) is 5.69 Å². The van der Waals surface area contributed by atoms with Gasteiger partial charge in [-0.3, -0.25) is 15.5 Å². The predicted octanol–water partition coefficient (Wildman–Crippen LogP) is 2.97. The Balaban J connectivity index is 1.69. The number of hydrogen-bond acceptors (Lipinski definition) is 6. The molecular weight excluding hydrogens is 358 g/mol. The van der Waals surface area contributed by atoms with Gasteiger partial charge in [-0.25, -0.2) is 0 Å². The van der Waals surface area contributed by atoms with Crippen molar-refractivity contribution in [2.45, 2.75) is 12.5 Å². The largest absolute Gasteiger partial charge is 0.497 e. The van der Waals surface area contributed by atoms with Crippen molar-refractivity contribution in [1.82, 2.24) is 4.90 Å². The number of benzene rings is 2. The Bertz CT molecular complexity index is 966. The zero-order chi connectivity index (χ0) is 19.7. The van der Waals surface area contributed by atoms with Crippen molar-refractivity contribution < 1.29 is 19.0 Å². The molecule has 2 aromatic rings. The summed E-state index contributed by atoms with van der Waals surface area (Å²) in [6.45, 7) is 0.00944. The molecule has 0 saturated carbocycles. The van der Waals surface area contributed by atoms with Gasteiger partial charge in [-0.15, -0.1) is 0 Å². The molecule has 0 saturated heterocycles. The van der Waals surface area contributed by atoms with E-state index in [2.05, 4.69) is 4.99 Å². The van der Waals surface area contributed by atoms with Gasteiger partial charge in [-0.1, -0.05) is 12.1 Å². The molecule has 7 heteroatoms. The smallest absolute Gasteiger partial charge is 0.260 e. The number of carbonyl (C=O) groups excluding carboxylic acids is 1. The van der Waals surface area contributed by atoms with Gasteiger partial charge in [-0.2, -0.15) is 0 Å². The Kier molecular flexibility index (Phi) is 4.75. The van der Waals surface area contributed by atoms with E-state index in [9.17, 15) is 4.79 Å². The molecular formula is C21H21N3O4. The van der Waals surface area contributed by atoms with Crippen LogP contribution in [0.5, 0.6) is 17.2 Å². The van der Waals surface area contributed by atoms with Crippen molar-refractivity contribution in [3.63, 3.8) is 0 Å². The van der Waals surface area contributed by atoms with Crippen LogP contribution in [0, 0.1) is 0 Å². The maximum Gasteiger partial charge on any atom is 0.260 e. The van der Waals surface area contributed by atoms with Gasteiger partial charge in [0, 0.05) is 24.9 Å². The second-order valence-corrected chi connectivity index (χ2v) is 6.48. The van der Waals surface area contributed by atoms with Crippen LogP contribution in [0.2, 0.25) is 0 Å². The van der Waals surface area contributed by atoms with Gasteiger partial charge in [-0.05, 0) is 29.3 Å². The number of ether oxygens (including phenoxy) is 3. The van der Waals surface area contributed by atoms with Crippen molar-refractivity contribution in [1.29, 1.82) is 0 Å². The van der Waals surface area contributed by atoms with Crippen LogP contribution < -0.4 is 19.9 Å². The van der Waals surface area contributed by atoms with E-state index in [0.717, 1.165) is 16.9 Å². The lowest BCUT2D eigenvalue weighted by atomic mass is 10.0. The summed E-state index contributed by atoms with van der Waals surface area (Å²) < 4.78 is 15.9. The van der Waals surface area contributed by atoms with E-state index in [1.165, 1.54) is 7.11 Å². The van der Waals surface area contributed by atoms with E-state index >= 15 is 0 Å². The summed E-state index contributed by atoms with van der Waals surface area (Å²) in [6, 6.07) is 11.0. The number of aliphatic imine (C=N–C) groups is 1. The zero-order valence-corrected chi connectivity index (χ0v) is 15.7. The molecule has 0 radical (unpaired) electrons. The van der Waals surface area contributed by atoms with Gasteiger partial charge >= 0.3 is 0 Å². The van der Waals surface area contributed by atoms with Gasteiger partial charge in [0.15, 0.2) is 11.5 Å². The third-order valence-corrected chi connectivity index (χ3v) is 4.91. The molecule has 1 atom stereocenters. The van der Waals surface area contributed by atoms with Gasteiger partial charge < -0.3 is 19.1 Å². The second-order valence-electron chi connectivity index (χ2n) is 6.48. The first kappa shape index (κ1) is 18.1. The number of hydrogen-bond donors (Lipinski definition) is 1. The number of carbonyl (C=O) groups is 1. The molecule has 0 spiro atoms. The molecule has 0 aliphatic carbocycles. The standard InChI is InChI=1S/C21H21N3O4/c1-26-16-5-3-13(4-6-16)14-7-15-10-23-18-9-20(28-12-22)19(27-2)8-17(18)21(25)24(15)11-14/h3-6,8-11,15H,7,12,22H2,1-2H3/t15-/m0/s1. The minimum atomic E-state index is -0.137. The molecule has 0 aromatic heterocycles. The molecule has 2 aliphatic heterocycles. The Labute approximate surface area is 163 Å². The fourth-order valence-corrected chi connectivity index (χ4v) is 3.47. The third-order valence-electron chi connectivity index (χ3n) is 4.91. The molecule has 7 nitrogen and oxygen atoms in total. The molecule has 2 aliphatic rings. The number of nitrogens with two attached hydrogens (primary N) is 1. The average molecular weight is 379 g/mol. The van der Waals surface area contributed by atoms with Crippen molar-refractivity contribution in [3.05, 3.63) is 53.7 Å². The quantitative estimate of drug-likeness (QED) is 0.807. The number of amides is 1. The highest BCUT2D eigenvalue weighted by molar-refractivity contribution is 6.05. The van der Waals surface area contributed by atoms with Crippen molar-refractivity contribution in [2.24, 2.45) is 10.7 Å². The summed E-state index contributed by atoms with van der Waals surface area (Å²) in [6.07, 6.45) is 4.39. The van der Waals surface area contributed by atoms with Crippen LogP contribution in [0.1, 0.15) is 22.3 Å². The third kappa shape index (κ3) is 3.10. The monoisotopic (exact) mass is 379 g/mol. The highest BCUT2D eigenvalue weighted by Crippen LogP contribution is 2.39. The summed E-state index contributed by atoms with van der Waals surface area (Å²) in [5.41, 5.74) is 8.61. The maximum atomic E-state index is 13.2. The van der Waals surface area contributed by atoms with Crippen molar-refractivity contribution in [3.8, 4) is 17.2 Å². The van der Waals surface area contributed by atoms with E-state index in [0.29, 0.717) is 29.2 Å². The number of rotatable bonds is 5. The zero-order valence-electron chi connectivity index (χ0n) is 15.7. The SMILES string of the molecule is COc1ccc(C2=CN3C(=O)c4cc(OC)c(OCN)cc4N=C[C@@H]3C2)cc1. The van der Waals surface area contributed by atoms with Crippen LogP contribution in [-0.2, 0) is 0 Å². The van der Waals surface area contributed by atoms with E-state index in [1.807, 2.05) is 30.5 Å². The van der Waals surface area contributed by atoms with Gasteiger partial charge in [0.1, 0.15) is 12.5 Å². The van der Waals surface area contributed by atoms with E-state index in [4.69, 9.17) is 19.9 Å². The highest BCUT2D eigenvalue weighted by atomic mass is 16.5. The highest BCUT2D eigenvalue weighted by Gasteiger charge is 2.33. The molecule has 4 rings (SSSR count). The summed E-state index contributed by atoms with van der Waals surface area (Å²) in [5, 5.41) is 0. The number of nitrogens with zero attached hydrogens (tertiary/aromatic N) is 2. The lowest BCUT2D eigenvalue weighted by molar-refractivity contribution is 0.0817. The van der Waals surface area contributed by atoms with Crippen LogP contribution >= 0.6 is 0 Å². The predicted molar refractivity (Wildman–Crippen MR) is 106 cm³/mol. The lowest BCUT2D eigenvalue weighted by Crippen LogP contribution is -2.32. The van der Waals surface area contributed by atoms with Gasteiger partial charge in [0.25, 0.3) is 5.91 Å². The molecule has 144 valence electrons. The van der Waals surface area contributed by atoms with Crippen LogP contribution in [0.3, 0.4) is 0 Å². The molecule has 2 heterocycles. The van der Waals surface area contributed by atoms with Crippen LogP contribution in [0.15, 0.2) is 47.6 Å². The van der Waals surface area contributed by atoms with Gasteiger partial charge in [0.2, 0.25) is 0 Å². The van der Waals surface area contributed by atoms with Crippen LogP contribution in [0.25, 0.3) is 5.57 Å². The van der Waals surface area contributed by atoms with E-state index in [-0.39, 0.29) is 18.7 Å². The van der Waals surface area contributed by atoms with E-state index < -0.39 is 0 Å². The van der Waals surface area contributed by atoms with Crippen molar-refractivity contribution in [2.75, 3.05) is 21.0 Å². The molecule has 1 amide bonds. The van der Waals surface area contributed by atoms with Crippen molar-refractivity contribution >= 4 is 23.4 Å². The lowest BCUT2D eigenvalue weighted by Gasteiger charge is -2.19. The Morgan fingerprint density at radius 1 is 1.14 bits per heavy atom. The summed E-state index contributed by atoms with van der Waals surface area (Å²) in [7, 11) is 3.16. The topological polar surface area (TPSA) is 86.4 Å². The first-order valence-electron chi connectivity index (χ1n) is 8.91. The minimum Gasteiger partial charge on any atom is -0.497 e. The fourth-order valence-electron chi connectivity index (χ4n) is 3.47. The Hall–Kier alpha value is -3.32. The fraction of sp³-hybridized carbons (Fsp3) is 0.238. The normalized spacial score (nSPS) is 17.5. The number of methoxy groups -OCH3 is 2.